The molecule has 2 heterocycles. The van der Waals surface area contributed by atoms with Gasteiger partial charge in [-0.3, -0.25) is 4.68 Å². The second-order valence-corrected chi connectivity index (χ2v) is 5.34. The van der Waals surface area contributed by atoms with E-state index in [4.69, 9.17) is 0 Å². The van der Waals surface area contributed by atoms with Crippen molar-refractivity contribution in [1.82, 2.24) is 19.7 Å². The molecular formula is C15H14BrN5. The van der Waals surface area contributed by atoms with Gasteiger partial charge in [-0.25, -0.2) is 9.97 Å². The van der Waals surface area contributed by atoms with E-state index in [0.29, 0.717) is 5.82 Å². The molecule has 106 valence electrons. The number of nitrogens with one attached hydrogen (secondary N) is 1. The lowest BCUT2D eigenvalue weighted by Crippen LogP contribution is -2.01. The first-order valence-electron chi connectivity index (χ1n) is 6.50. The highest BCUT2D eigenvalue weighted by Crippen LogP contribution is 2.33. The fourth-order valence-corrected chi connectivity index (χ4v) is 2.65. The summed E-state index contributed by atoms with van der Waals surface area (Å²) < 4.78 is 2.58. The Morgan fingerprint density at radius 1 is 1.10 bits per heavy atom. The standard InChI is InChI=1S/C15H14BrN5/c1-17-15-12(16)13(10-6-4-3-5-7-10)18-14(19-15)11-8-9-21(2)20-11/h3-9H,1-2H3,(H,17,18,19). The van der Waals surface area contributed by atoms with Crippen molar-refractivity contribution < 1.29 is 0 Å². The van der Waals surface area contributed by atoms with Crippen LogP contribution in [-0.2, 0) is 7.05 Å². The SMILES string of the molecule is CNc1nc(-c2ccn(C)n2)nc(-c2ccccc2)c1Br. The molecular weight excluding hydrogens is 330 g/mol. The molecule has 5 nitrogen and oxygen atoms in total. The first kappa shape index (κ1) is 13.8. The maximum Gasteiger partial charge on any atom is 0.182 e. The number of aromatic nitrogens is 4. The Bertz CT molecular complexity index is 767. The molecule has 3 rings (SSSR count). The van der Waals surface area contributed by atoms with Crippen LogP contribution in [0.15, 0.2) is 47.1 Å². The first-order valence-corrected chi connectivity index (χ1v) is 7.29. The molecule has 0 aliphatic heterocycles. The summed E-state index contributed by atoms with van der Waals surface area (Å²) in [6, 6.07) is 11.9. The van der Waals surface area contributed by atoms with Crippen molar-refractivity contribution in [2.24, 2.45) is 7.05 Å². The molecule has 3 aromatic rings. The van der Waals surface area contributed by atoms with E-state index < -0.39 is 0 Å². The monoisotopic (exact) mass is 343 g/mol. The zero-order valence-corrected chi connectivity index (χ0v) is 13.3. The molecule has 0 saturated heterocycles. The lowest BCUT2D eigenvalue weighted by molar-refractivity contribution is 0.768. The summed E-state index contributed by atoms with van der Waals surface area (Å²) in [6.45, 7) is 0. The zero-order valence-electron chi connectivity index (χ0n) is 11.7. The van der Waals surface area contributed by atoms with Crippen LogP contribution in [0.25, 0.3) is 22.8 Å². The molecule has 0 unspecified atom stereocenters. The van der Waals surface area contributed by atoms with Crippen LogP contribution in [0.3, 0.4) is 0 Å². The van der Waals surface area contributed by atoms with E-state index in [9.17, 15) is 0 Å². The normalized spacial score (nSPS) is 10.6. The Morgan fingerprint density at radius 3 is 2.48 bits per heavy atom. The lowest BCUT2D eigenvalue weighted by atomic mass is 10.1. The van der Waals surface area contributed by atoms with Crippen molar-refractivity contribution in [3.8, 4) is 22.8 Å². The molecule has 0 spiro atoms. The molecule has 0 radical (unpaired) electrons. The molecule has 2 aromatic heterocycles. The highest BCUT2D eigenvalue weighted by molar-refractivity contribution is 9.10. The van der Waals surface area contributed by atoms with Gasteiger partial charge in [-0.2, -0.15) is 5.10 Å². The van der Waals surface area contributed by atoms with Gasteiger partial charge in [0, 0.05) is 25.9 Å². The number of halogens is 1. The molecule has 0 saturated carbocycles. The van der Waals surface area contributed by atoms with E-state index in [1.54, 1.807) is 4.68 Å². The first-order chi connectivity index (χ1) is 10.2. The van der Waals surface area contributed by atoms with Gasteiger partial charge in [-0.05, 0) is 22.0 Å². The summed E-state index contributed by atoms with van der Waals surface area (Å²) in [5.74, 6) is 1.34. The number of anilines is 1. The van der Waals surface area contributed by atoms with E-state index in [2.05, 4.69) is 36.3 Å². The second kappa shape index (κ2) is 5.65. The molecule has 1 N–H and O–H groups in total. The highest BCUT2D eigenvalue weighted by Gasteiger charge is 2.15. The predicted molar refractivity (Wildman–Crippen MR) is 86.9 cm³/mol. The Labute approximate surface area is 131 Å². The number of nitrogens with zero attached hydrogens (tertiary/aromatic N) is 4. The van der Waals surface area contributed by atoms with Crippen LogP contribution in [-0.4, -0.2) is 26.8 Å². The number of aryl methyl sites for hydroxylation is 1. The van der Waals surface area contributed by atoms with Crippen LogP contribution in [0.5, 0.6) is 0 Å². The number of hydrogen-bond acceptors (Lipinski definition) is 4. The van der Waals surface area contributed by atoms with Crippen LogP contribution < -0.4 is 5.32 Å². The zero-order chi connectivity index (χ0) is 14.8. The average Bonchev–Trinajstić information content (AvgIpc) is 2.95. The summed E-state index contributed by atoms with van der Waals surface area (Å²) in [5, 5.41) is 7.46. The van der Waals surface area contributed by atoms with E-state index in [1.165, 1.54) is 0 Å². The van der Waals surface area contributed by atoms with Gasteiger partial charge >= 0.3 is 0 Å². The van der Waals surface area contributed by atoms with Gasteiger partial charge < -0.3 is 5.32 Å². The fraction of sp³-hybridized carbons (Fsp3) is 0.133. The van der Waals surface area contributed by atoms with Gasteiger partial charge in [0.25, 0.3) is 0 Å². The maximum atomic E-state index is 4.66. The van der Waals surface area contributed by atoms with E-state index in [-0.39, 0.29) is 0 Å². The van der Waals surface area contributed by atoms with Crippen LogP contribution >= 0.6 is 15.9 Å². The lowest BCUT2D eigenvalue weighted by Gasteiger charge is -2.10. The van der Waals surface area contributed by atoms with Crippen LogP contribution in [0.1, 0.15) is 0 Å². The minimum absolute atomic E-state index is 0.599. The summed E-state index contributed by atoms with van der Waals surface area (Å²) in [7, 11) is 3.71. The molecule has 21 heavy (non-hydrogen) atoms. The van der Waals surface area contributed by atoms with Crippen molar-refractivity contribution in [2.45, 2.75) is 0 Å². The third kappa shape index (κ3) is 2.67. The smallest absolute Gasteiger partial charge is 0.182 e. The predicted octanol–water partition coefficient (Wildman–Crippen LogP) is 3.35. The molecule has 0 aliphatic carbocycles. The van der Waals surface area contributed by atoms with Crippen molar-refractivity contribution >= 4 is 21.7 Å². The van der Waals surface area contributed by atoms with Crippen molar-refractivity contribution in [3.05, 3.63) is 47.1 Å². The second-order valence-electron chi connectivity index (χ2n) is 4.55. The fourth-order valence-electron chi connectivity index (χ4n) is 2.05. The molecule has 1 aromatic carbocycles. The van der Waals surface area contributed by atoms with Crippen LogP contribution in [0.4, 0.5) is 5.82 Å². The third-order valence-electron chi connectivity index (χ3n) is 3.08. The van der Waals surface area contributed by atoms with Crippen LogP contribution in [0, 0.1) is 0 Å². The summed E-state index contributed by atoms with van der Waals surface area (Å²) in [5.41, 5.74) is 2.62. The molecule has 6 heteroatoms. The topological polar surface area (TPSA) is 55.6 Å². The third-order valence-corrected chi connectivity index (χ3v) is 3.83. The Balaban J connectivity index is 2.20. The summed E-state index contributed by atoms with van der Waals surface area (Å²) in [6.07, 6.45) is 1.88. The van der Waals surface area contributed by atoms with Gasteiger partial charge in [0.15, 0.2) is 5.82 Å². The molecule has 0 amide bonds. The van der Waals surface area contributed by atoms with Gasteiger partial charge in [0.2, 0.25) is 0 Å². The van der Waals surface area contributed by atoms with Crippen molar-refractivity contribution in [2.75, 3.05) is 12.4 Å². The Kier molecular flexibility index (Phi) is 3.70. The average molecular weight is 344 g/mol. The summed E-state index contributed by atoms with van der Waals surface area (Å²) in [4.78, 5) is 9.18. The van der Waals surface area contributed by atoms with Crippen LogP contribution in [0.2, 0.25) is 0 Å². The van der Waals surface area contributed by atoms with Gasteiger partial charge in [-0.15, -0.1) is 0 Å². The Morgan fingerprint density at radius 2 is 1.86 bits per heavy atom. The minimum Gasteiger partial charge on any atom is -0.372 e. The van der Waals surface area contributed by atoms with Gasteiger partial charge in [-0.1, -0.05) is 30.3 Å². The minimum atomic E-state index is 0.599. The molecule has 0 fully saturated rings. The number of rotatable bonds is 3. The van der Waals surface area contributed by atoms with E-state index in [1.807, 2.05) is 56.7 Å². The highest BCUT2D eigenvalue weighted by atomic mass is 79.9. The molecule has 0 bridgehead atoms. The van der Waals surface area contributed by atoms with E-state index >= 15 is 0 Å². The largest absolute Gasteiger partial charge is 0.372 e. The van der Waals surface area contributed by atoms with Crippen molar-refractivity contribution in [1.29, 1.82) is 0 Å². The van der Waals surface area contributed by atoms with Crippen molar-refractivity contribution in [3.63, 3.8) is 0 Å². The van der Waals surface area contributed by atoms with Gasteiger partial charge in [0.05, 0.1) is 10.2 Å². The molecule has 0 aliphatic rings. The quantitative estimate of drug-likeness (QED) is 0.792. The summed E-state index contributed by atoms with van der Waals surface area (Å²) >= 11 is 3.58. The maximum absolute atomic E-state index is 4.66. The Hall–Kier alpha value is -2.21. The number of hydrogen-bond donors (Lipinski definition) is 1. The number of benzene rings is 1. The molecule has 0 atom stereocenters. The van der Waals surface area contributed by atoms with E-state index in [0.717, 1.165) is 27.2 Å². The van der Waals surface area contributed by atoms with Gasteiger partial charge in [0.1, 0.15) is 11.5 Å².